The van der Waals surface area contributed by atoms with E-state index in [0.717, 1.165) is 11.8 Å². The normalized spacial score (nSPS) is 27.2. The zero-order chi connectivity index (χ0) is 14.1. The number of rotatable bonds is 8. The van der Waals surface area contributed by atoms with Crippen LogP contribution in [0, 0.1) is 17.3 Å². The van der Waals surface area contributed by atoms with E-state index in [1.54, 1.807) is 0 Å². The Morgan fingerprint density at radius 1 is 0.895 bits per heavy atom. The third-order valence-electron chi connectivity index (χ3n) is 5.56. The lowest BCUT2D eigenvalue weighted by atomic mass is 9.63. The first kappa shape index (κ1) is 17.1. The van der Waals surface area contributed by atoms with Crippen LogP contribution in [0.15, 0.2) is 0 Å². The van der Waals surface area contributed by atoms with E-state index in [1.165, 1.54) is 77.0 Å². The molecule has 1 aliphatic rings. The molecule has 0 N–H and O–H groups in total. The molecule has 0 radical (unpaired) electrons. The van der Waals surface area contributed by atoms with Gasteiger partial charge in [-0.15, -0.1) is 0 Å². The molecular formula is C19H38. The Balaban J connectivity index is 2.85. The van der Waals surface area contributed by atoms with Crippen LogP contribution < -0.4 is 0 Å². The first-order valence-corrected chi connectivity index (χ1v) is 9.18. The van der Waals surface area contributed by atoms with Gasteiger partial charge in [0.05, 0.1) is 0 Å². The second-order valence-corrected chi connectivity index (χ2v) is 7.30. The second kappa shape index (κ2) is 9.03. The first-order valence-electron chi connectivity index (χ1n) is 9.18. The van der Waals surface area contributed by atoms with Crippen LogP contribution in [0.3, 0.4) is 0 Å². The van der Waals surface area contributed by atoms with Gasteiger partial charge in [-0.2, -0.15) is 0 Å². The molecule has 0 amide bonds. The smallest absolute Gasteiger partial charge is 0.0267 e. The van der Waals surface area contributed by atoms with Crippen molar-refractivity contribution in [3.63, 3.8) is 0 Å². The van der Waals surface area contributed by atoms with Gasteiger partial charge in [-0.3, -0.25) is 0 Å². The highest BCUT2D eigenvalue weighted by Crippen LogP contribution is 2.50. The summed E-state index contributed by atoms with van der Waals surface area (Å²) in [5.74, 6) is 2.00. The van der Waals surface area contributed by atoms with Gasteiger partial charge in [0.1, 0.15) is 0 Å². The molecule has 0 spiro atoms. The molecule has 19 heavy (non-hydrogen) atoms. The van der Waals surface area contributed by atoms with E-state index in [9.17, 15) is 0 Å². The van der Waals surface area contributed by atoms with E-state index >= 15 is 0 Å². The van der Waals surface area contributed by atoms with Crippen LogP contribution in [-0.4, -0.2) is 0 Å². The summed E-state index contributed by atoms with van der Waals surface area (Å²) >= 11 is 0. The van der Waals surface area contributed by atoms with Crippen molar-refractivity contribution in [2.75, 3.05) is 0 Å². The van der Waals surface area contributed by atoms with Crippen molar-refractivity contribution in [2.24, 2.45) is 17.3 Å². The number of hydrogen-bond donors (Lipinski definition) is 0. The molecule has 0 aromatic rings. The van der Waals surface area contributed by atoms with Crippen molar-refractivity contribution >= 4 is 0 Å². The van der Waals surface area contributed by atoms with Crippen molar-refractivity contribution in [1.82, 2.24) is 0 Å². The predicted molar refractivity (Wildman–Crippen MR) is 87.5 cm³/mol. The third kappa shape index (κ3) is 5.12. The minimum Gasteiger partial charge on any atom is -0.0654 e. The maximum atomic E-state index is 2.51. The van der Waals surface area contributed by atoms with Crippen LogP contribution in [0.25, 0.3) is 0 Å². The molecule has 1 aliphatic carbocycles. The summed E-state index contributed by atoms with van der Waals surface area (Å²) in [6, 6.07) is 0. The Hall–Kier alpha value is 0. The maximum Gasteiger partial charge on any atom is -0.0267 e. The first-order chi connectivity index (χ1) is 9.18. The Kier molecular flexibility index (Phi) is 8.11. The zero-order valence-corrected chi connectivity index (χ0v) is 14.1. The lowest BCUT2D eigenvalue weighted by Crippen LogP contribution is -2.31. The van der Waals surface area contributed by atoms with Crippen LogP contribution >= 0.6 is 0 Å². The largest absolute Gasteiger partial charge is 0.0654 e. The van der Waals surface area contributed by atoms with Gasteiger partial charge in [0.25, 0.3) is 0 Å². The minimum absolute atomic E-state index is 0.706. The van der Waals surface area contributed by atoms with E-state index < -0.39 is 0 Å². The SMILES string of the molecule is CCCCC1(CCCC)CC(C)CCCC1CCC. The average molecular weight is 267 g/mol. The molecule has 1 rings (SSSR count). The minimum atomic E-state index is 0.706. The fourth-order valence-corrected chi connectivity index (χ4v) is 4.58. The molecule has 114 valence electrons. The monoisotopic (exact) mass is 266 g/mol. The Morgan fingerprint density at radius 3 is 2.05 bits per heavy atom. The van der Waals surface area contributed by atoms with E-state index in [4.69, 9.17) is 0 Å². The lowest BCUT2D eigenvalue weighted by Gasteiger charge is -2.42. The lowest BCUT2D eigenvalue weighted by molar-refractivity contribution is 0.0876. The molecule has 0 aromatic heterocycles. The molecule has 0 aromatic carbocycles. The van der Waals surface area contributed by atoms with E-state index in [-0.39, 0.29) is 0 Å². The summed E-state index contributed by atoms with van der Waals surface area (Å²) in [5.41, 5.74) is 0.706. The van der Waals surface area contributed by atoms with Crippen molar-refractivity contribution in [1.29, 1.82) is 0 Å². The third-order valence-corrected chi connectivity index (χ3v) is 5.56. The van der Waals surface area contributed by atoms with Gasteiger partial charge < -0.3 is 0 Å². The van der Waals surface area contributed by atoms with Crippen molar-refractivity contribution in [3.8, 4) is 0 Å². The highest BCUT2D eigenvalue weighted by atomic mass is 14.4. The molecule has 0 heteroatoms. The van der Waals surface area contributed by atoms with Gasteiger partial charge in [-0.1, -0.05) is 79.1 Å². The van der Waals surface area contributed by atoms with Crippen LogP contribution in [0.5, 0.6) is 0 Å². The predicted octanol–water partition coefficient (Wildman–Crippen LogP) is 6.98. The fraction of sp³-hybridized carbons (Fsp3) is 1.00. The van der Waals surface area contributed by atoms with Gasteiger partial charge in [-0.25, -0.2) is 0 Å². The molecule has 1 fully saturated rings. The highest BCUT2D eigenvalue weighted by molar-refractivity contribution is 4.90. The van der Waals surface area contributed by atoms with E-state index in [0.29, 0.717) is 5.41 Å². The topological polar surface area (TPSA) is 0 Å². The molecule has 0 nitrogen and oxygen atoms in total. The molecule has 2 atom stereocenters. The summed E-state index contributed by atoms with van der Waals surface area (Å²) in [6.45, 7) is 9.63. The van der Waals surface area contributed by atoms with Crippen molar-refractivity contribution < 1.29 is 0 Å². The van der Waals surface area contributed by atoms with E-state index in [2.05, 4.69) is 27.7 Å². The molecule has 0 bridgehead atoms. The molecule has 0 saturated heterocycles. The van der Waals surface area contributed by atoms with Crippen LogP contribution in [0.1, 0.15) is 105 Å². The molecule has 1 saturated carbocycles. The summed E-state index contributed by atoms with van der Waals surface area (Å²) in [6.07, 6.45) is 17.6. The standard InChI is InChI=1S/C19H38/c1-5-8-14-19(15-9-6-2)16-17(4)12-10-13-18(19)11-7-3/h17-18H,5-16H2,1-4H3. The Morgan fingerprint density at radius 2 is 1.53 bits per heavy atom. The molecule has 0 heterocycles. The second-order valence-electron chi connectivity index (χ2n) is 7.30. The highest BCUT2D eigenvalue weighted by Gasteiger charge is 2.39. The molecule has 2 unspecified atom stereocenters. The quantitative estimate of drug-likeness (QED) is 0.416. The van der Waals surface area contributed by atoms with Crippen LogP contribution in [0.2, 0.25) is 0 Å². The zero-order valence-electron chi connectivity index (χ0n) is 14.1. The summed E-state index contributed by atoms with van der Waals surface area (Å²) < 4.78 is 0. The van der Waals surface area contributed by atoms with Gasteiger partial charge >= 0.3 is 0 Å². The van der Waals surface area contributed by atoms with Crippen molar-refractivity contribution in [3.05, 3.63) is 0 Å². The van der Waals surface area contributed by atoms with Gasteiger partial charge in [0, 0.05) is 0 Å². The Labute approximate surface area is 122 Å². The molecular weight excluding hydrogens is 228 g/mol. The maximum absolute atomic E-state index is 2.51. The van der Waals surface area contributed by atoms with Crippen LogP contribution in [0.4, 0.5) is 0 Å². The average Bonchev–Trinajstić information content (AvgIpc) is 2.55. The van der Waals surface area contributed by atoms with Gasteiger partial charge in [-0.05, 0) is 42.9 Å². The van der Waals surface area contributed by atoms with Gasteiger partial charge in [0.2, 0.25) is 0 Å². The van der Waals surface area contributed by atoms with Gasteiger partial charge in [0.15, 0.2) is 0 Å². The number of hydrogen-bond acceptors (Lipinski definition) is 0. The van der Waals surface area contributed by atoms with Crippen LogP contribution in [-0.2, 0) is 0 Å². The number of unbranched alkanes of at least 4 members (excludes halogenated alkanes) is 2. The Bertz CT molecular complexity index is 210. The fourth-order valence-electron chi connectivity index (χ4n) is 4.58. The van der Waals surface area contributed by atoms with Crippen molar-refractivity contribution in [2.45, 2.75) is 105 Å². The summed E-state index contributed by atoms with van der Waals surface area (Å²) in [5, 5.41) is 0. The summed E-state index contributed by atoms with van der Waals surface area (Å²) in [4.78, 5) is 0. The molecule has 0 aliphatic heterocycles. The van der Waals surface area contributed by atoms with E-state index in [1.807, 2.05) is 0 Å². The summed E-state index contributed by atoms with van der Waals surface area (Å²) in [7, 11) is 0.